The number of nitrogens with one attached hydrogen (secondary N) is 1. The minimum absolute atomic E-state index is 0.0167. The fourth-order valence-electron chi connectivity index (χ4n) is 3.95. The van der Waals surface area contributed by atoms with Gasteiger partial charge in [-0.05, 0) is 50.1 Å². The third-order valence-electron chi connectivity index (χ3n) is 6.00. The Balaban J connectivity index is 1.57. The Morgan fingerprint density at radius 3 is 2.25 bits per heavy atom. The van der Waals surface area contributed by atoms with E-state index in [0.29, 0.717) is 23.1 Å². The van der Waals surface area contributed by atoms with Gasteiger partial charge in [-0.15, -0.1) is 0 Å². The zero-order chi connectivity index (χ0) is 26.0. The largest absolute Gasteiger partial charge is 0.326 e. The lowest BCUT2D eigenvalue weighted by Gasteiger charge is -2.17. The fourth-order valence-corrected chi connectivity index (χ4v) is 5.63. The van der Waals surface area contributed by atoms with Gasteiger partial charge in [0, 0.05) is 17.1 Å². The van der Waals surface area contributed by atoms with Crippen molar-refractivity contribution in [3.8, 4) is 11.1 Å². The smallest absolute Gasteiger partial charge is 0.264 e. The first-order chi connectivity index (χ1) is 17.1. The second-order valence-electron chi connectivity index (χ2n) is 8.60. The lowest BCUT2D eigenvalue weighted by molar-refractivity contribution is -0.120. The quantitative estimate of drug-likeness (QED) is 0.305. The summed E-state index contributed by atoms with van der Waals surface area (Å²) in [5, 5.41) is 0.834. The van der Waals surface area contributed by atoms with E-state index in [1.807, 2.05) is 60.0 Å². The molecular weight excluding hydrogens is 517 g/mol. The number of halogens is 2. The van der Waals surface area contributed by atoms with Crippen LogP contribution < -0.4 is 4.72 Å². The van der Waals surface area contributed by atoms with Gasteiger partial charge in [-0.1, -0.05) is 83.4 Å². The normalized spacial score (nSPS) is 12.4. The number of imidazole rings is 1. The van der Waals surface area contributed by atoms with Crippen LogP contribution in [0.3, 0.4) is 0 Å². The molecule has 0 bridgehead atoms. The summed E-state index contributed by atoms with van der Waals surface area (Å²) in [6.07, 6.45) is 0. The van der Waals surface area contributed by atoms with E-state index >= 15 is 0 Å². The van der Waals surface area contributed by atoms with Crippen molar-refractivity contribution in [2.75, 3.05) is 0 Å². The molecule has 9 heteroatoms. The molecule has 0 saturated heterocycles. The molecule has 0 aliphatic rings. The molecule has 0 saturated carbocycles. The number of nitrogens with zero attached hydrogens (tertiary/aromatic N) is 2. The maximum absolute atomic E-state index is 13.0. The van der Waals surface area contributed by atoms with Gasteiger partial charge in [0.05, 0.1) is 16.5 Å². The van der Waals surface area contributed by atoms with Crippen LogP contribution in [0.15, 0.2) is 77.7 Å². The SMILES string of the molecule is Cc1ccc(S(=O)(=O)NC(=O)C(C)c2c(Cl)nc(C)n2Cc2ccc(-c3ccccc3Cl)cc2)cc1. The summed E-state index contributed by atoms with van der Waals surface area (Å²) in [5.74, 6) is -0.930. The lowest BCUT2D eigenvalue weighted by atomic mass is 10.0. The number of carbonyl (C=O) groups is 1. The van der Waals surface area contributed by atoms with Gasteiger partial charge < -0.3 is 4.57 Å². The Morgan fingerprint density at radius 2 is 1.61 bits per heavy atom. The van der Waals surface area contributed by atoms with E-state index < -0.39 is 21.8 Å². The number of sulfonamides is 1. The van der Waals surface area contributed by atoms with Gasteiger partial charge in [0.25, 0.3) is 10.0 Å². The van der Waals surface area contributed by atoms with Gasteiger partial charge in [0.2, 0.25) is 5.91 Å². The van der Waals surface area contributed by atoms with Crippen molar-refractivity contribution >= 4 is 39.1 Å². The summed E-state index contributed by atoms with van der Waals surface area (Å²) < 4.78 is 29.5. The van der Waals surface area contributed by atoms with Crippen LogP contribution in [0.1, 0.15) is 35.5 Å². The predicted molar refractivity (Wildman–Crippen MR) is 143 cm³/mol. The molecule has 0 aliphatic heterocycles. The van der Waals surface area contributed by atoms with E-state index in [1.54, 1.807) is 26.0 Å². The van der Waals surface area contributed by atoms with Gasteiger partial charge in [-0.2, -0.15) is 0 Å². The van der Waals surface area contributed by atoms with Crippen LogP contribution in [0, 0.1) is 13.8 Å². The molecule has 1 N–H and O–H groups in total. The average molecular weight is 542 g/mol. The minimum atomic E-state index is -4.02. The molecule has 0 fully saturated rings. The van der Waals surface area contributed by atoms with Gasteiger partial charge >= 0.3 is 0 Å². The summed E-state index contributed by atoms with van der Waals surface area (Å²) in [5.41, 5.74) is 4.25. The van der Waals surface area contributed by atoms with Crippen LogP contribution in [-0.4, -0.2) is 23.9 Å². The standard InChI is InChI=1S/C27H25Cl2N3O3S/c1-17-8-14-22(15-9-17)36(34,35)31-27(33)18(2)25-26(29)30-19(3)32(25)16-20-10-12-21(13-11-20)23-6-4-5-7-24(23)28/h4-15,18H,16H2,1-3H3,(H,31,33). The van der Waals surface area contributed by atoms with Crippen LogP contribution in [0.5, 0.6) is 0 Å². The molecule has 3 aromatic carbocycles. The Morgan fingerprint density at radius 1 is 0.972 bits per heavy atom. The molecule has 36 heavy (non-hydrogen) atoms. The van der Waals surface area contributed by atoms with E-state index in [1.165, 1.54) is 12.1 Å². The second kappa shape index (κ2) is 10.5. The summed E-state index contributed by atoms with van der Waals surface area (Å²) in [6.45, 7) is 5.67. The Bertz CT molecular complexity index is 1510. The highest BCUT2D eigenvalue weighted by Crippen LogP contribution is 2.30. The molecule has 1 aromatic heterocycles. The highest BCUT2D eigenvalue weighted by molar-refractivity contribution is 7.90. The van der Waals surface area contributed by atoms with Crippen molar-refractivity contribution < 1.29 is 13.2 Å². The molecule has 4 aromatic rings. The van der Waals surface area contributed by atoms with Crippen LogP contribution in [-0.2, 0) is 21.4 Å². The van der Waals surface area contributed by atoms with E-state index in [0.717, 1.165) is 22.3 Å². The van der Waals surface area contributed by atoms with Gasteiger partial charge in [0.15, 0.2) is 5.15 Å². The van der Waals surface area contributed by atoms with E-state index in [2.05, 4.69) is 9.71 Å². The molecule has 186 valence electrons. The number of benzene rings is 3. The average Bonchev–Trinajstić information content (AvgIpc) is 3.11. The first-order valence-electron chi connectivity index (χ1n) is 11.3. The summed E-state index contributed by atoms with van der Waals surface area (Å²) in [7, 11) is -4.02. The monoisotopic (exact) mass is 541 g/mol. The van der Waals surface area contributed by atoms with Crippen molar-refractivity contribution in [2.45, 2.75) is 38.1 Å². The highest BCUT2D eigenvalue weighted by Gasteiger charge is 2.28. The van der Waals surface area contributed by atoms with Gasteiger partial charge in [-0.25, -0.2) is 18.1 Å². The second-order valence-corrected chi connectivity index (χ2v) is 11.1. The van der Waals surface area contributed by atoms with E-state index in [9.17, 15) is 13.2 Å². The molecule has 0 radical (unpaired) electrons. The first kappa shape index (κ1) is 25.9. The topological polar surface area (TPSA) is 81.1 Å². The number of carbonyl (C=O) groups excluding carboxylic acids is 1. The van der Waals surface area contributed by atoms with Crippen molar-refractivity contribution in [1.82, 2.24) is 14.3 Å². The summed E-state index contributed by atoms with van der Waals surface area (Å²) in [4.78, 5) is 17.3. The molecule has 1 amide bonds. The number of hydrogen-bond donors (Lipinski definition) is 1. The molecule has 1 unspecified atom stereocenters. The number of rotatable bonds is 7. The molecule has 1 atom stereocenters. The molecule has 4 rings (SSSR count). The van der Waals surface area contributed by atoms with E-state index in [-0.39, 0.29) is 10.0 Å². The zero-order valence-corrected chi connectivity index (χ0v) is 22.3. The Kier molecular flexibility index (Phi) is 7.54. The van der Waals surface area contributed by atoms with E-state index in [4.69, 9.17) is 23.2 Å². The summed E-state index contributed by atoms with van der Waals surface area (Å²) in [6, 6.07) is 21.8. The molecule has 1 heterocycles. The number of amides is 1. The van der Waals surface area contributed by atoms with Gasteiger partial charge in [-0.3, -0.25) is 4.79 Å². The minimum Gasteiger partial charge on any atom is -0.326 e. The molecule has 0 aliphatic carbocycles. The Labute approximate surface area is 221 Å². The van der Waals surface area contributed by atoms with Crippen LogP contribution in [0.25, 0.3) is 11.1 Å². The maximum atomic E-state index is 13.0. The van der Waals surface area contributed by atoms with Crippen molar-refractivity contribution in [3.05, 3.63) is 106 Å². The number of aromatic nitrogens is 2. The van der Waals surface area contributed by atoms with Crippen molar-refractivity contribution in [1.29, 1.82) is 0 Å². The highest BCUT2D eigenvalue weighted by atomic mass is 35.5. The third-order valence-corrected chi connectivity index (χ3v) is 7.97. The summed E-state index contributed by atoms with van der Waals surface area (Å²) >= 11 is 12.7. The van der Waals surface area contributed by atoms with Crippen LogP contribution in [0.4, 0.5) is 0 Å². The zero-order valence-electron chi connectivity index (χ0n) is 20.0. The lowest BCUT2D eigenvalue weighted by Crippen LogP contribution is -2.34. The molecule has 0 spiro atoms. The molecule has 6 nitrogen and oxygen atoms in total. The Hall–Kier alpha value is -3.13. The molecular formula is C27H25Cl2N3O3S. The predicted octanol–water partition coefficient (Wildman–Crippen LogP) is 6.13. The van der Waals surface area contributed by atoms with Crippen molar-refractivity contribution in [3.63, 3.8) is 0 Å². The third kappa shape index (κ3) is 5.48. The maximum Gasteiger partial charge on any atom is 0.264 e. The van der Waals surface area contributed by atoms with Crippen LogP contribution in [0.2, 0.25) is 10.2 Å². The first-order valence-corrected chi connectivity index (χ1v) is 13.5. The number of aryl methyl sites for hydroxylation is 2. The van der Waals surface area contributed by atoms with Crippen LogP contribution >= 0.6 is 23.2 Å². The van der Waals surface area contributed by atoms with Crippen molar-refractivity contribution in [2.24, 2.45) is 0 Å². The van der Waals surface area contributed by atoms with Gasteiger partial charge in [0.1, 0.15) is 5.82 Å². The fraction of sp³-hybridized carbons (Fsp3) is 0.185. The number of hydrogen-bond acceptors (Lipinski definition) is 4.